The second-order valence-corrected chi connectivity index (χ2v) is 9.97. The van der Waals surface area contributed by atoms with Crippen LogP contribution in [0.3, 0.4) is 0 Å². The van der Waals surface area contributed by atoms with E-state index in [1.165, 1.54) is 41.2 Å². The van der Waals surface area contributed by atoms with Crippen LogP contribution in [0.5, 0.6) is 0 Å². The summed E-state index contributed by atoms with van der Waals surface area (Å²) in [5.41, 5.74) is -0.366. The van der Waals surface area contributed by atoms with Gasteiger partial charge in [-0.05, 0) is 61.1 Å². The highest BCUT2D eigenvalue weighted by Crippen LogP contribution is 2.40. The molecule has 4 heterocycles. The van der Waals surface area contributed by atoms with E-state index in [0.29, 0.717) is 35.4 Å². The molecule has 11 heteroatoms. The Balaban J connectivity index is 0.00000165. The zero-order chi connectivity index (χ0) is 29.5. The average Bonchev–Trinajstić information content (AvgIpc) is 3.57. The van der Waals surface area contributed by atoms with E-state index in [1.54, 1.807) is 16.8 Å². The average molecular weight is 572 g/mol. The van der Waals surface area contributed by atoms with Crippen molar-refractivity contribution in [1.29, 1.82) is 0 Å². The third kappa shape index (κ3) is 5.18. The molecular weight excluding hydrogens is 541 g/mol. The number of ether oxygens (including phenoxy) is 1. The summed E-state index contributed by atoms with van der Waals surface area (Å²) in [5.74, 6) is -1.34. The van der Waals surface area contributed by atoms with E-state index in [2.05, 4.69) is 15.1 Å². The van der Waals surface area contributed by atoms with Gasteiger partial charge >= 0.3 is 6.18 Å². The lowest BCUT2D eigenvalue weighted by atomic mass is 9.99. The molecule has 1 fully saturated rings. The quantitative estimate of drug-likeness (QED) is 0.203. The van der Waals surface area contributed by atoms with Crippen molar-refractivity contribution in [1.82, 2.24) is 24.1 Å². The first-order valence-corrected chi connectivity index (χ1v) is 13.7. The van der Waals surface area contributed by atoms with Gasteiger partial charge in [0.1, 0.15) is 11.6 Å². The Bertz CT molecular complexity index is 1700. The molecule has 41 heavy (non-hydrogen) atoms. The lowest BCUT2D eigenvalue weighted by Crippen LogP contribution is -2.18. The van der Waals surface area contributed by atoms with E-state index in [1.807, 2.05) is 27.7 Å². The van der Waals surface area contributed by atoms with Gasteiger partial charge in [-0.2, -0.15) is 18.3 Å². The molecule has 1 saturated heterocycles. The van der Waals surface area contributed by atoms with Crippen molar-refractivity contribution in [2.45, 2.75) is 65.3 Å². The molecule has 3 aromatic heterocycles. The summed E-state index contributed by atoms with van der Waals surface area (Å²) in [6, 6.07) is 7.28. The number of hydrogen-bond acceptors (Lipinski definition) is 4. The van der Waals surface area contributed by atoms with Crippen LogP contribution in [0.1, 0.15) is 70.4 Å². The number of halogens is 5. The standard InChI is InChI=1S/C28H24F5N5O.C2H6/c1-15(2)18-11-16(6-8-20(18)29)21-14-37-23(13-34-21)36-27(28(31,32)33)26(37)17-7-9-22-19(25(17)30)12-35-38(22)24-5-3-4-10-39-24;1-2/h6-9,11-15,24H,3-5,10H2,1-2H3;1-2H3. The smallest absolute Gasteiger partial charge is 0.356 e. The molecule has 2 aromatic carbocycles. The van der Waals surface area contributed by atoms with Crippen LogP contribution in [0.2, 0.25) is 0 Å². The summed E-state index contributed by atoms with van der Waals surface area (Å²) in [7, 11) is 0. The summed E-state index contributed by atoms with van der Waals surface area (Å²) in [6.07, 6.45) is 1.23. The minimum absolute atomic E-state index is 0.0825. The van der Waals surface area contributed by atoms with Crippen molar-refractivity contribution in [3.05, 3.63) is 71.8 Å². The van der Waals surface area contributed by atoms with Gasteiger partial charge in [0.15, 0.2) is 17.6 Å². The van der Waals surface area contributed by atoms with Crippen LogP contribution in [0.15, 0.2) is 48.9 Å². The van der Waals surface area contributed by atoms with Gasteiger partial charge in [-0.3, -0.25) is 9.38 Å². The normalized spacial score (nSPS) is 15.9. The SMILES string of the molecule is CC.CC(C)c1cc(-c2cn3c(-c4ccc5c(cnn5C5CCCCO5)c4F)c(C(F)(F)F)nc3cn2)ccc1F. The van der Waals surface area contributed by atoms with Gasteiger partial charge in [0.2, 0.25) is 0 Å². The van der Waals surface area contributed by atoms with Crippen molar-refractivity contribution >= 4 is 16.6 Å². The molecular formula is C30H30F5N5O. The highest BCUT2D eigenvalue weighted by atomic mass is 19.4. The summed E-state index contributed by atoms with van der Waals surface area (Å²) in [6.45, 7) is 8.24. The van der Waals surface area contributed by atoms with Crippen molar-refractivity contribution < 1.29 is 26.7 Å². The Kier molecular flexibility index (Phi) is 7.83. The maximum atomic E-state index is 16.0. The van der Waals surface area contributed by atoms with Gasteiger partial charge in [-0.1, -0.05) is 27.7 Å². The molecule has 0 aliphatic carbocycles. The molecule has 0 spiro atoms. The van der Waals surface area contributed by atoms with E-state index >= 15 is 4.39 Å². The van der Waals surface area contributed by atoms with E-state index in [-0.39, 0.29) is 34.6 Å². The first-order valence-electron chi connectivity index (χ1n) is 13.7. The van der Waals surface area contributed by atoms with Crippen molar-refractivity contribution in [2.24, 2.45) is 0 Å². The highest BCUT2D eigenvalue weighted by molar-refractivity contribution is 5.86. The lowest BCUT2D eigenvalue weighted by Gasteiger charge is -2.23. The van der Waals surface area contributed by atoms with Gasteiger partial charge in [0, 0.05) is 23.9 Å². The zero-order valence-electron chi connectivity index (χ0n) is 23.1. The topological polar surface area (TPSA) is 57.2 Å². The molecule has 5 aromatic rings. The fraction of sp³-hybridized carbons (Fsp3) is 0.367. The molecule has 6 rings (SSSR count). The minimum atomic E-state index is -4.86. The molecule has 1 unspecified atom stereocenters. The van der Waals surface area contributed by atoms with Crippen LogP contribution in [-0.4, -0.2) is 30.8 Å². The molecule has 0 N–H and O–H groups in total. The summed E-state index contributed by atoms with van der Waals surface area (Å²) < 4.78 is 81.3. The molecule has 1 atom stereocenters. The van der Waals surface area contributed by atoms with E-state index in [4.69, 9.17) is 4.74 Å². The number of hydrogen-bond donors (Lipinski definition) is 0. The van der Waals surface area contributed by atoms with Gasteiger partial charge in [-0.15, -0.1) is 0 Å². The molecule has 0 saturated carbocycles. The Morgan fingerprint density at radius 2 is 1.80 bits per heavy atom. The van der Waals surface area contributed by atoms with Crippen LogP contribution in [-0.2, 0) is 10.9 Å². The monoisotopic (exact) mass is 571 g/mol. The Morgan fingerprint density at radius 1 is 1.02 bits per heavy atom. The zero-order valence-corrected chi connectivity index (χ0v) is 23.1. The summed E-state index contributed by atoms with van der Waals surface area (Å²) in [4.78, 5) is 8.03. The van der Waals surface area contributed by atoms with Crippen LogP contribution >= 0.6 is 0 Å². The largest absolute Gasteiger partial charge is 0.435 e. The maximum Gasteiger partial charge on any atom is 0.435 e. The lowest BCUT2D eigenvalue weighted by molar-refractivity contribution is -0.140. The number of rotatable bonds is 4. The number of benzene rings is 2. The molecule has 1 aliphatic heterocycles. The van der Waals surface area contributed by atoms with Gasteiger partial charge in [0.25, 0.3) is 0 Å². The molecule has 216 valence electrons. The van der Waals surface area contributed by atoms with Gasteiger partial charge in [-0.25, -0.2) is 18.4 Å². The van der Waals surface area contributed by atoms with Crippen molar-refractivity contribution in [3.8, 4) is 22.5 Å². The van der Waals surface area contributed by atoms with E-state index < -0.39 is 23.4 Å². The third-order valence-electron chi connectivity index (χ3n) is 7.09. The van der Waals surface area contributed by atoms with E-state index in [0.717, 1.165) is 12.8 Å². The first kappa shape index (κ1) is 28.7. The fourth-order valence-electron chi connectivity index (χ4n) is 5.12. The predicted molar refractivity (Wildman–Crippen MR) is 146 cm³/mol. The molecule has 1 aliphatic rings. The van der Waals surface area contributed by atoms with Gasteiger partial charge < -0.3 is 4.74 Å². The first-order chi connectivity index (χ1) is 19.6. The summed E-state index contributed by atoms with van der Waals surface area (Å²) in [5, 5.41) is 4.37. The van der Waals surface area contributed by atoms with Crippen molar-refractivity contribution in [3.63, 3.8) is 0 Å². The maximum absolute atomic E-state index is 16.0. The Hall–Kier alpha value is -3.86. The Morgan fingerprint density at radius 3 is 2.49 bits per heavy atom. The Labute approximate surface area is 233 Å². The van der Waals surface area contributed by atoms with Crippen LogP contribution in [0.25, 0.3) is 39.1 Å². The van der Waals surface area contributed by atoms with E-state index in [9.17, 15) is 17.6 Å². The van der Waals surface area contributed by atoms with Crippen LogP contribution in [0, 0.1) is 11.6 Å². The van der Waals surface area contributed by atoms with Crippen molar-refractivity contribution in [2.75, 3.05) is 6.61 Å². The van der Waals surface area contributed by atoms with Crippen LogP contribution in [0.4, 0.5) is 22.0 Å². The minimum Gasteiger partial charge on any atom is -0.356 e. The highest BCUT2D eigenvalue weighted by Gasteiger charge is 2.39. The number of nitrogens with zero attached hydrogens (tertiary/aromatic N) is 5. The summed E-state index contributed by atoms with van der Waals surface area (Å²) >= 11 is 0. The fourth-order valence-corrected chi connectivity index (χ4v) is 5.12. The molecule has 0 amide bonds. The number of aromatic nitrogens is 5. The number of fused-ring (bicyclic) bond motifs is 2. The molecule has 0 bridgehead atoms. The molecule has 0 radical (unpaired) electrons. The third-order valence-corrected chi connectivity index (χ3v) is 7.09. The van der Waals surface area contributed by atoms with Crippen LogP contribution < -0.4 is 0 Å². The number of imidazole rings is 1. The predicted octanol–water partition coefficient (Wildman–Crippen LogP) is 8.56. The van der Waals surface area contributed by atoms with Gasteiger partial charge in [0.05, 0.1) is 34.7 Å². The number of alkyl halides is 3. The second-order valence-electron chi connectivity index (χ2n) is 9.97. The second kappa shape index (κ2) is 11.2. The molecule has 6 nitrogen and oxygen atoms in total.